The van der Waals surface area contributed by atoms with Crippen molar-refractivity contribution in [1.82, 2.24) is 9.97 Å². The fraction of sp³-hybridized carbons (Fsp3) is 0.133. The second kappa shape index (κ2) is 5.61. The van der Waals surface area contributed by atoms with E-state index in [9.17, 15) is 0 Å². The molecule has 0 spiro atoms. The van der Waals surface area contributed by atoms with Gasteiger partial charge in [0, 0.05) is 17.8 Å². The molecular weight excluding hydrogens is 282 g/mol. The third-order valence-corrected chi connectivity index (χ3v) is 3.01. The lowest BCUT2D eigenvalue weighted by atomic mass is 10.2. The van der Waals surface area contributed by atoms with Gasteiger partial charge in [0.05, 0.1) is 12.3 Å². The van der Waals surface area contributed by atoms with Crippen molar-refractivity contribution < 1.29 is 9.15 Å². The molecule has 0 unspecified atom stereocenters. The molecule has 110 valence electrons. The maximum Gasteiger partial charge on any atom is 0.235 e. The number of nitriles is 1. The van der Waals surface area contributed by atoms with Crippen LogP contribution in [0.3, 0.4) is 0 Å². The normalized spacial score (nSPS) is 10.4. The first-order valence-corrected chi connectivity index (χ1v) is 6.65. The predicted octanol–water partition coefficient (Wildman–Crippen LogP) is 2.82. The van der Waals surface area contributed by atoms with E-state index in [1.807, 2.05) is 25.1 Å². The van der Waals surface area contributed by atoms with Crippen molar-refractivity contribution in [2.75, 3.05) is 17.7 Å². The molecule has 0 saturated carbocycles. The van der Waals surface area contributed by atoms with Crippen LogP contribution in [0.25, 0.3) is 11.1 Å². The molecule has 0 aliphatic carbocycles. The van der Waals surface area contributed by atoms with E-state index in [0.29, 0.717) is 23.7 Å². The first kappa shape index (κ1) is 13.7. The van der Waals surface area contributed by atoms with Crippen molar-refractivity contribution >= 4 is 28.3 Å². The van der Waals surface area contributed by atoms with Gasteiger partial charge < -0.3 is 20.2 Å². The number of ether oxygens (including phenoxy) is 1. The highest BCUT2D eigenvalue weighted by Crippen LogP contribution is 2.27. The van der Waals surface area contributed by atoms with Gasteiger partial charge in [-0.25, -0.2) is 4.98 Å². The quantitative estimate of drug-likeness (QED) is 0.761. The highest BCUT2D eigenvalue weighted by atomic mass is 16.5. The molecule has 22 heavy (non-hydrogen) atoms. The van der Waals surface area contributed by atoms with Crippen LogP contribution in [-0.4, -0.2) is 16.6 Å². The topological polar surface area (TPSA) is 110 Å². The molecule has 3 aromatic rings. The number of fused-ring (bicyclic) bond motifs is 1. The lowest BCUT2D eigenvalue weighted by Crippen LogP contribution is -2.04. The number of benzene rings is 1. The molecule has 2 aromatic heterocycles. The van der Waals surface area contributed by atoms with Gasteiger partial charge in [0.1, 0.15) is 23.0 Å². The van der Waals surface area contributed by atoms with Crippen molar-refractivity contribution in [3.05, 3.63) is 36.2 Å². The van der Waals surface area contributed by atoms with Crippen molar-refractivity contribution in [3.63, 3.8) is 0 Å². The van der Waals surface area contributed by atoms with E-state index >= 15 is 0 Å². The van der Waals surface area contributed by atoms with Gasteiger partial charge in [-0.15, -0.1) is 0 Å². The van der Waals surface area contributed by atoms with Crippen molar-refractivity contribution in [2.45, 2.75) is 6.92 Å². The van der Waals surface area contributed by atoms with Crippen LogP contribution in [-0.2, 0) is 0 Å². The van der Waals surface area contributed by atoms with Crippen LogP contribution in [0, 0.1) is 11.3 Å². The highest BCUT2D eigenvalue weighted by molar-refractivity contribution is 5.78. The Labute approximate surface area is 126 Å². The number of rotatable bonds is 4. The summed E-state index contributed by atoms with van der Waals surface area (Å²) < 4.78 is 10.6. The minimum absolute atomic E-state index is 0.216. The van der Waals surface area contributed by atoms with E-state index in [2.05, 4.69) is 15.3 Å². The van der Waals surface area contributed by atoms with Gasteiger partial charge in [-0.2, -0.15) is 10.2 Å². The minimum Gasteiger partial charge on any atom is -0.477 e. The third-order valence-electron chi connectivity index (χ3n) is 3.01. The fourth-order valence-corrected chi connectivity index (χ4v) is 2.04. The summed E-state index contributed by atoms with van der Waals surface area (Å²) in [7, 11) is 0. The summed E-state index contributed by atoms with van der Waals surface area (Å²) >= 11 is 0. The molecule has 2 heterocycles. The Bertz CT molecular complexity index is 866. The average molecular weight is 295 g/mol. The van der Waals surface area contributed by atoms with Gasteiger partial charge in [0.15, 0.2) is 12.0 Å². The van der Waals surface area contributed by atoms with Crippen LogP contribution in [0.2, 0.25) is 0 Å². The predicted molar refractivity (Wildman–Crippen MR) is 81.8 cm³/mol. The second-order valence-electron chi connectivity index (χ2n) is 4.48. The summed E-state index contributed by atoms with van der Waals surface area (Å²) in [5.41, 5.74) is 8.63. The van der Waals surface area contributed by atoms with Crippen molar-refractivity contribution in [3.8, 4) is 11.9 Å². The molecule has 3 rings (SSSR count). The maximum absolute atomic E-state index is 9.11. The van der Waals surface area contributed by atoms with E-state index in [1.54, 1.807) is 12.1 Å². The zero-order chi connectivity index (χ0) is 15.5. The van der Waals surface area contributed by atoms with Crippen LogP contribution in [0.4, 0.5) is 17.2 Å². The van der Waals surface area contributed by atoms with Gasteiger partial charge >= 0.3 is 0 Å². The minimum atomic E-state index is 0.216. The summed E-state index contributed by atoms with van der Waals surface area (Å²) in [6, 6.07) is 9.07. The van der Waals surface area contributed by atoms with Gasteiger partial charge in [0.25, 0.3) is 0 Å². The lowest BCUT2D eigenvalue weighted by Gasteiger charge is -2.11. The Balaban J connectivity index is 1.96. The van der Waals surface area contributed by atoms with E-state index in [4.69, 9.17) is 20.1 Å². The van der Waals surface area contributed by atoms with Crippen LogP contribution < -0.4 is 15.8 Å². The van der Waals surface area contributed by atoms with Gasteiger partial charge in [0.2, 0.25) is 5.88 Å². The number of oxazole rings is 1. The van der Waals surface area contributed by atoms with Crippen LogP contribution in [0.1, 0.15) is 12.5 Å². The van der Waals surface area contributed by atoms with Gasteiger partial charge in [-0.05, 0) is 19.1 Å². The van der Waals surface area contributed by atoms with Crippen LogP contribution in [0.15, 0.2) is 35.1 Å². The summed E-state index contributed by atoms with van der Waals surface area (Å²) in [5.74, 6) is 0.701. The smallest absolute Gasteiger partial charge is 0.235 e. The SMILES string of the molecule is CCOc1nc(Nc2ccc3ncoc3c2)cc(N)c1C#N. The van der Waals surface area contributed by atoms with Crippen molar-refractivity contribution in [2.24, 2.45) is 0 Å². The number of anilines is 3. The number of aromatic nitrogens is 2. The molecule has 1 aromatic carbocycles. The molecule has 0 bridgehead atoms. The molecular formula is C15H13N5O2. The molecule has 0 aliphatic heterocycles. The average Bonchev–Trinajstić information content (AvgIpc) is 2.95. The summed E-state index contributed by atoms with van der Waals surface area (Å²) in [5, 5.41) is 12.2. The third kappa shape index (κ3) is 2.50. The first-order valence-electron chi connectivity index (χ1n) is 6.65. The molecule has 3 N–H and O–H groups in total. The fourth-order valence-electron chi connectivity index (χ4n) is 2.04. The monoisotopic (exact) mass is 295 g/mol. The molecule has 7 nitrogen and oxygen atoms in total. The van der Waals surface area contributed by atoms with Crippen LogP contribution >= 0.6 is 0 Å². The van der Waals surface area contributed by atoms with Crippen molar-refractivity contribution in [1.29, 1.82) is 5.26 Å². The summed E-state index contributed by atoms with van der Waals surface area (Å²) in [4.78, 5) is 8.33. The van der Waals surface area contributed by atoms with E-state index < -0.39 is 0 Å². The maximum atomic E-state index is 9.11. The molecule has 0 aliphatic rings. The highest BCUT2D eigenvalue weighted by Gasteiger charge is 2.12. The molecule has 0 fully saturated rings. The number of nitrogens with zero attached hydrogens (tertiary/aromatic N) is 3. The summed E-state index contributed by atoms with van der Waals surface area (Å²) in [6.45, 7) is 2.21. The Morgan fingerprint density at radius 1 is 1.41 bits per heavy atom. The molecule has 0 saturated heterocycles. The molecule has 0 amide bonds. The first-order chi connectivity index (χ1) is 10.7. The second-order valence-corrected chi connectivity index (χ2v) is 4.48. The Morgan fingerprint density at radius 2 is 2.27 bits per heavy atom. The zero-order valence-corrected chi connectivity index (χ0v) is 11.8. The summed E-state index contributed by atoms with van der Waals surface area (Å²) in [6.07, 6.45) is 1.39. The van der Waals surface area contributed by atoms with Crippen LogP contribution in [0.5, 0.6) is 5.88 Å². The number of nitrogen functional groups attached to an aromatic ring is 1. The van der Waals surface area contributed by atoms with E-state index in [1.165, 1.54) is 6.39 Å². The van der Waals surface area contributed by atoms with Gasteiger partial charge in [-0.1, -0.05) is 0 Å². The van der Waals surface area contributed by atoms with E-state index in [0.717, 1.165) is 11.2 Å². The molecule has 7 heteroatoms. The lowest BCUT2D eigenvalue weighted by molar-refractivity contribution is 0.326. The Morgan fingerprint density at radius 3 is 3.05 bits per heavy atom. The number of pyridine rings is 1. The standard InChI is InChI=1S/C15H13N5O2/c1-2-21-15-10(7-16)11(17)6-14(20-15)19-9-3-4-12-13(5-9)22-8-18-12/h3-6,8H,2H2,1H3,(H3,17,19,20). The van der Waals surface area contributed by atoms with E-state index in [-0.39, 0.29) is 11.4 Å². The number of nitrogens with one attached hydrogen (secondary N) is 1. The number of hydrogen-bond acceptors (Lipinski definition) is 7. The zero-order valence-electron chi connectivity index (χ0n) is 11.8. The largest absolute Gasteiger partial charge is 0.477 e. The Kier molecular flexibility index (Phi) is 3.50. The number of nitrogens with two attached hydrogens (primary N) is 1. The van der Waals surface area contributed by atoms with Gasteiger partial charge in [-0.3, -0.25) is 0 Å². The number of hydrogen-bond donors (Lipinski definition) is 2. The molecule has 0 atom stereocenters. The molecule has 0 radical (unpaired) electrons. The Hall–Kier alpha value is -3.27.